The van der Waals surface area contributed by atoms with Crippen LogP contribution in [0.15, 0.2) is 60.7 Å². The maximum atomic E-state index is 13.3. The summed E-state index contributed by atoms with van der Waals surface area (Å²) in [6.45, 7) is 5.55. The largest absolute Gasteiger partial charge is 0.460 e. The number of benzene rings is 2. The third-order valence-corrected chi connectivity index (χ3v) is 4.06. The predicted molar refractivity (Wildman–Crippen MR) is 105 cm³/mol. The Morgan fingerprint density at radius 3 is 1.68 bits per heavy atom. The van der Waals surface area contributed by atoms with Crippen molar-refractivity contribution in [2.75, 3.05) is 19.8 Å². The molecule has 0 heterocycles. The zero-order valence-corrected chi connectivity index (χ0v) is 16.5. The van der Waals surface area contributed by atoms with Crippen molar-refractivity contribution in [3.63, 3.8) is 0 Å². The number of rotatable bonds is 10. The van der Waals surface area contributed by atoms with E-state index in [1.807, 2.05) is 60.7 Å². The highest BCUT2D eigenvalue weighted by Gasteiger charge is 2.45. The molecule has 0 aromatic heterocycles. The molecule has 0 spiro atoms. The monoisotopic (exact) mass is 385 g/mol. The molecule has 1 N–H and O–H groups in total. The minimum absolute atomic E-state index is 0.136. The van der Waals surface area contributed by atoms with Gasteiger partial charge in [-0.25, -0.2) is 4.79 Å². The first-order valence-corrected chi connectivity index (χ1v) is 9.45. The number of carbonyl (C=O) groups excluding carboxylic acids is 2. The van der Waals surface area contributed by atoms with Crippen LogP contribution in [0.4, 0.5) is 0 Å². The first-order chi connectivity index (χ1) is 13.6. The third kappa shape index (κ3) is 5.18. The number of hydrogen-bond acceptors (Lipinski definition) is 5. The highest BCUT2D eigenvalue weighted by atomic mass is 16.7. The van der Waals surface area contributed by atoms with Gasteiger partial charge in [0, 0.05) is 13.2 Å². The SMILES string of the molecule is CCOC(=O)C(NC(=O)C(c1ccccc1)c1ccccc1)(OCC)OCC. The Hall–Kier alpha value is -2.70. The Balaban J connectivity index is 2.42. The van der Waals surface area contributed by atoms with Crippen LogP contribution in [0.5, 0.6) is 0 Å². The van der Waals surface area contributed by atoms with Gasteiger partial charge in [0.25, 0.3) is 0 Å². The second-order valence-electron chi connectivity index (χ2n) is 5.95. The van der Waals surface area contributed by atoms with Gasteiger partial charge in [-0.3, -0.25) is 10.1 Å². The number of carbonyl (C=O) groups is 2. The lowest BCUT2D eigenvalue weighted by molar-refractivity contribution is -0.257. The van der Waals surface area contributed by atoms with E-state index < -0.39 is 23.7 Å². The molecule has 0 unspecified atom stereocenters. The maximum absolute atomic E-state index is 13.3. The second kappa shape index (κ2) is 10.6. The summed E-state index contributed by atoms with van der Waals surface area (Å²) in [4.78, 5) is 25.9. The number of amides is 1. The molecule has 0 aliphatic rings. The van der Waals surface area contributed by atoms with Gasteiger partial charge >= 0.3 is 11.9 Å². The summed E-state index contributed by atoms with van der Waals surface area (Å²) in [6, 6.07) is 18.7. The Kier molecular flexibility index (Phi) is 8.17. The molecule has 0 saturated heterocycles. The summed E-state index contributed by atoms with van der Waals surface area (Å²) in [5, 5.41) is 2.66. The molecule has 6 heteroatoms. The standard InChI is InChI=1S/C22H27NO5/c1-4-26-21(25)22(27-5-2,28-6-3)23-20(24)19(17-13-9-7-10-14-17)18-15-11-8-12-16-18/h7-16,19H,4-6H2,1-3H3,(H,23,24). The normalized spacial score (nSPS) is 11.3. The summed E-state index contributed by atoms with van der Waals surface area (Å²) in [5.41, 5.74) is 1.58. The number of ether oxygens (including phenoxy) is 3. The van der Waals surface area contributed by atoms with Crippen LogP contribution in [0.2, 0.25) is 0 Å². The highest BCUT2D eigenvalue weighted by molar-refractivity contribution is 5.91. The van der Waals surface area contributed by atoms with Gasteiger partial charge in [-0.1, -0.05) is 60.7 Å². The van der Waals surface area contributed by atoms with Gasteiger partial charge in [0.15, 0.2) is 0 Å². The van der Waals surface area contributed by atoms with E-state index in [2.05, 4.69) is 5.32 Å². The van der Waals surface area contributed by atoms with Crippen molar-refractivity contribution < 1.29 is 23.8 Å². The average molecular weight is 385 g/mol. The smallest absolute Gasteiger partial charge is 0.390 e. The van der Waals surface area contributed by atoms with Crippen LogP contribution in [0.25, 0.3) is 0 Å². The predicted octanol–water partition coefficient (Wildman–Crippen LogP) is 3.22. The van der Waals surface area contributed by atoms with Crippen LogP contribution in [-0.2, 0) is 23.8 Å². The van der Waals surface area contributed by atoms with Crippen molar-refractivity contribution in [3.05, 3.63) is 71.8 Å². The van der Waals surface area contributed by atoms with Crippen LogP contribution < -0.4 is 5.32 Å². The van der Waals surface area contributed by atoms with E-state index >= 15 is 0 Å². The first-order valence-electron chi connectivity index (χ1n) is 9.45. The molecule has 2 aromatic carbocycles. The molecule has 1 amide bonds. The first kappa shape index (κ1) is 21.6. The molecule has 2 aromatic rings. The minimum Gasteiger partial charge on any atom is -0.460 e. The van der Waals surface area contributed by atoms with Crippen molar-refractivity contribution in [2.45, 2.75) is 32.6 Å². The molecule has 0 atom stereocenters. The van der Waals surface area contributed by atoms with Crippen molar-refractivity contribution in [2.24, 2.45) is 0 Å². The quantitative estimate of drug-likeness (QED) is 0.502. The van der Waals surface area contributed by atoms with Gasteiger partial charge in [-0.2, -0.15) is 0 Å². The molecule has 0 aliphatic carbocycles. The molecule has 0 fully saturated rings. The molecule has 0 aliphatic heterocycles. The van der Waals surface area contributed by atoms with Gasteiger partial charge < -0.3 is 14.2 Å². The van der Waals surface area contributed by atoms with Crippen LogP contribution >= 0.6 is 0 Å². The summed E-state index contributed by atoms with van der Waals surface area (Å²) in [7, 11) is 0. The van der Waals surface area contributed by atoms with Crippen molar-refractivity contribution in [3.8, 4) is 0 Å². The molecule has 2 rings (SSSR count). The average Bonchev–Trinajstić information content (AvgIpc) is 2.70. The van der Waals surface area contributed by atoms with Crippen LogP contribution in [0.1, 0.15) is 37.8 Å². The number of esters is 1. The fourth-order valence-corrected chi connectivity index (χ4v) is 2.94. The minimum atomic E-state index is -1.99. The van der Waals surface area contributed by atoms with Crippen LogP contribution in [0.3, 0.4) is 0 Å². The Morgan fingerprint density at radius 1 is 0.821 bits per heavy atom. The summed E-state index contributed by atoms with van der Waals surface area (Å²) in [5.74, 6) is -3.84. The fourth-order valence-electron chi connectivity index (χ4n) is 2.94. The maximum Gasteiger partial charge on any atom is 0.390 e. The van der Waals surface area contributed by atoms with E-state index in [0.717, 1.165) is 11.1 Å². The van der Waals surface area contributed by atoms with E-state index in [9.17, 15) is 9.59 Å². The Bertz CT molecular complexity index is 703. The summed E-state index contributed by atoms with van der Waals surface area (Å²) < 4.78 is 16.2. The van der Waals surface area contributed by atoms with Gasteiger partial charge in [-0.15, -0.1) is 0 Å². The van der Waals surface area contributed by atoms with E-state index in [0.29, 0.717) is 0 Å². The van der Waals surface area contributed by atoms with Crippen molar-refractivity contribution >= 4 is 11.9 Å². The van der Waals surface area contributed by atoms with Gasteiger partial charge in [0.05, 0.1) is 12.5 Å². The molecule has 28 heavy (non-hydrogen) atoms. The lowest BCUT2D eigenvalue weighted by atomic mass is 9.90. The molecule has 150 valence electrons. The fraction of sp³-hybridized carbons (Fsp3) is 0.364. The molecule has 0 bridgehead atoms. The topological polar surface area (TPSA) is 73.9 Å². The molecule has 6 nitrogen and oxygen atoms in total. The summed E-state index contributed by atoms with van der Waals surface area (Å²) in [6.07, 6.45) is 0. The zero-order chi connectivity index (χ0) is 20.4. The van der Waals surface area contributed by atoms with Gasteiger partial charge in [0.2, 0.25) is 5.91 Å². The lowest BCUT2D eigenvalue weighted by Gasteiger charge is -2.32. The zero-order valence-electron chi connectivity index (χ0n) is 16.5. The molecule has 0 saturated carbocycles. The summed E-state index contributed by atoms with van der Waals surface area (Å²) >= 11 is 0. The Labute approximate surface area is 165 Å². The van der Waals surface area contributed by atoms with Gasteiger partial charge in [0.1, 0.15) is 0 Å². The number of hydrogen-bond donors (Lipinski definition) is 1. The van der Waals surface area contributed by atoms with E-state index in [1.165, 1.54) is 0 Å². The number of nitrogens with one attached hydrogen (secondary N) is 1. The molecular weight excluding hydrogens is 358 g/mol. The molecular formula is C22H27NO5. The van der Waals surface area contributed by atoms with Crippen LogP contribution in [0, 0.1) is 0 Å². The lowest BCUT2D eigenvalue weighted by Crippen LogP contribution is -2.60. The van der Waals surface area contributed by atoms with E-state index in [4.69, 9.17) is 14.2 Å². The second-order valence-corrected chi connectivity index (χ2v) is 5.95. The van der Waals surface area contributed by atoms with Crippen molar-refractivity contribution in [1.82, 2.24) is 5.32 Å². The molecule has 0 radical (unpaired) electrons. The highest BCUT2D eigenvalue weighted by Crippen LogP contribution is 2.26. The van der Waals surface area contributed by atoms with Crippen molar-refractivity contribution in [1.29, 1.82) is 0 Å². The van der Waals surface area contributed by atoms with E-state index in [1.54, 1.807) is 20.8 Å². The third-order valence-electron chi connectivity index (χ3n) is 4.06. The van der Waals surface area contributed by atoms with Crippen LogP contribution in [-0.4, -0.2) is 37.6 Å². The van der Waals surface area contributed by atoms with E-state index in [-0.39, 0.29) is 19.8 Å². The Morgan fingerprint density at radius 2 is 1.29 bits per heavy atom. The van der Waals surface area contributed by atoms with Gasteiger partial charge in [-0.05, 0) is 31.9 Å².